The molecule has 2 aliphatic heterocycles. The third-order valence-electron chi connectivity index (χ3n) is 4.05. The van der Waals surface area contributed by atoms with Crippen molar-refractivity contribution in [3.05, 3.63) is 18.6 Å². The van der Waals surface area contributed by atoms with E-state index in [9.17, 15) is 4.79 Å². The Bertz CT molecular complexity index is 562. The van der Waals surface area contributed by atoms with Gasteiger partial charge >= 0.3 is 0 Å². The highest BCUT2D eigenvalue weighted by molar-refractivity contribution is 6.39. The van der Waals surface area contributed by atoms with Crippen molar-refractivity contribution in [1.82, 2.24) is 15.3 Å². The Labute approximate surface area is 129 Å². The van der Waals surface area contributed by atoms with Crippen molar-refractivity contribution in [2.45, 2.75) is 38.2 Å². The molecule has 0 saturated carbocycles. The van der Waals surface area contributed by atoms with Gasteiger partial charge in [0.1, 0.15) is 11.5 Å². The smallest absolute Gasteiger partial charge is 0.269 e. The summed E-state index contributed by atoms with van der Waals surface area (Å²) >= 11 is 0. The van der Waals surface area contributed by atoms with Gasteiger partial charge < -0.3 is 15.1 Å². The molecule has 0 bridgehead atoms. The van der Waals surface area contributed by atoms with E-state index in [1.807, 2.05) is 6.92 Å². The minimum atomic E-state index is -0.408. The minimum Gasteiger partial charge on any atom is -0.386 e. The summed E-state index contributed by atoms with van der Waals surface area (Å²) in [6.45, 7) is 4.28. The number of carbonyl (C=O) groups is 1. The lowest BCUT2D eigenvalue weighted by atomic mass is 9.88. The zero-order chi connectivity index (χ0) is 15.4. The fourth-order valence-electron chi connectivity index (χ4n) is 2.95. The van der Waals surface area contributed by atoms with Crippen LogP contribution in [0.15, 0.2) is 23.7 Å². The minimum absolute atomic E-state index is 0.115. The average molecular weight is 303 g/mol. The van der Waals surface area contributed by atoms with E-state index in [2.05, 4.69) is 25.3 Å². The number of nitrogens with zero attached hydrogens (tertiary/aromatic N) is 4. The lowest BCUT2D eigenvalue weighted by Crippen LogP contribution is -2.49. The summed E-state index contributed by atoms with van der Waals surface area (Å²) in [7, 11) is 0. The standard InChI is InChI=1S/C15H21N5O2/c1-2-5-18-14(21)12-9-15(22-19-12)4-3-8-20(11-15)13-10-16-6-7-17-13/h6-7,10H,2-5,8-9,11H2,1H3,(H,18,21)/t15-/m0/s1. The van der Waals surface area contributed by atoms with Crippen LogP contribution in [0.1, 0.15) is 32.6 Å². The quantitative estimate of drug-likeness (QED) is 0.901. The number of rotatable bonds is 4. The molecule has 22 heavy (non-hydrogen) atoms. The van der Waals surface area contributed by atoms with Gasteiger partial charge in [-0.25, -0.2) is 4.98 Å². The van der Waals surface area contributed by atoms with Crippen molar-refractivity contribution in [2.24, 2.45) is 5.16 Å². The molecule has 0 unspecified atom stereocenters. The maximum absolute atomic E-state index is 12.0. The van der Waals surface area contributed by atoms with Crippen LogP contribution in [0, 0.1) is 0 Å². The molecule has 7 heteroatoms. The number of hydrogen-bond acceptors (Lipinski definition) is 6. The molecular formula is C15H21N5O2. The number of oxime groups is 1. The van der Waals surface area contributed by atoms with Crippen LogP contribution in [-0.4, -0.2) is 46.8 Å². The molecule has 0 radical (unpaired) electrons. The molecule has 7 nitrogen and oxygen atoms in total. The van der Waals surface area contributed by atoms with Crippen LogP contribution in [0.3, 0.4) is 0 Å². The van der Waals surface area contributed by atoms with Crippen molar-refractivity contribution in [2.75, 3.05) is 24.5 Å². The lowest BCUT2D eigenvalue weighted by molar-refractivity contribution is -0.114. The van der Waals surface area contributed by atoms with Crippen molar-refractivity contribution in [3.63, 3.8) is 0 Å². The first-order valence-corrected chi connectivity index (χ1v) is 7.77. The zero-order valence-corrected chi connectivity index (χ0v) is 12.8. The van der Waals surface area contributed by atoms with Gasteiger partial charge in [0.05, 0.1) is 12.7 Å². The number of carbonyl (C=O) groups excluding carboxylic acids is 1. The highest BCUT2D eigenvalue weighted by Gasteiger charge is 2.44. The Kier molecular flexibility index (Phi) is 4.22. The molecule has 2 aliphatic rings. The van der Waals surface area contributed by atoms with Crippen LogP contribution in [0.4, 0.5) is 5.82 Å². The molecule has 3 heterocycles. The van der Waals surface area contributed by atoms with Crippen LogP contribution in [0.2, 0.25) is 0 Å². The van der Waals surface area contributed by atoms with Crippen LogP contribution >= 0.6 is 0 Å². The SMILES string of the molecule is CCCNC(=O)C1=NO[C@@]2(CCCN(c3cnccn3)C2)C1. The highest BCUT2D eigenvalue weighted by atomic mass is 16.7. The van der Waals surface area contributed by atoms with E-state index in [-0.39, 0.29) is 5.91 Å². The summed E-state index contributed by atoms with van der Waals surface area (Å²) in [6, 6.07) is 0. The molecule has 1 spiro atoms. The largest absolute Gasteiger partial charge is 0.386 e. The van der Waals surface area contributed by atoms with Crippen molar-refractivity contribution < 1.29 is 9.63 Å². The van der Waals surface area contributed by atoms with E-state index < -0.39 is 5.60 Å². The zero-order valence-electron chi connectivity index (χ0n) is 12.8. The summed E-state index contributed by atoms with van der Waals surface area (Å²) in [5, 5.41) is 6.89. The fraction of sp³-hybridized carbons (Fsp3) is 0.600. The summed E-state index contributed by atoms with van der Waals surface area (Å²) in [4.78, 5) is 28.3. The van der Waals surface area contributed by atoms with E-state index in [1.165, 1.54) is 0 Å². The van der Waals surface area contributed by atoms with Crippen LogP contribution in [0.25, 0.3) is 0 Å². The van der Waals surface area contributed by atoms with E-state index in [0.717, 1.165) is 31.6 Å². The first kappa shape index (κ1) is 14.7. The second-order valence-corrected chi connectivity index (χ2v) is 5.83. The van der Waals surface area contributed by atoms with Crippen molar-refractivity contribution in [1.29, 1.82) is 0 Å². The Morgan fingerprint density at radius 2 is 2.41 bits per heavy atom. The van der Waals surface area contributed by atoms with Gasteiger partial charge in [0.15, 0.2) is 5.60 Å². The predicted octanol–water partition coefficient (Wildman–Crippen LogP) is 1.12. The van der Waals surface area contributed by atoms with Gasteiger partial charge in [0.25, 0.3) is 5.91 Å². The first-order valence-electron chi connectivity index (χ1n) is 7.77. The summed E-state index contributed by atoms with van der Waals surface area (Å²) in [5.74, 6) is 0.726. The predicted molar refractivity (Wildman–Crippen MR) is 82.6 cm³/mol. The topological polar surface area (TPSA) is 79.7 Å². The van der Waals surface area contributed by atoms with Crippen LogP contribution < -0.4 is 10.2 Å². The van der Waals surface area contributed by atoms with Crippen molar-refractivity contribution >= 4 is 17.4 Å². The third-order valence-corrected chi connectivity index (χ3v) is 4.05. The Morgan fingerprint density at radius 3 is 3.18 bits per heavy atom. The van der Waals surface area contributed by atoms with Gasteiger partial charge in [0, 0.05) is 31.9 Å². The van der Waals surface area contributed by atoms with Crippen LogP contribution in [0.5, 0.6) is 0 Å². The van der Waals surface area contributed by atoms with Crippen molar-refractivity contribution in [3.8, 4) is 0 Å². The number of hydrogen-bond donors (Lipinski definition) is 1. The average Bonchev–Trinajstić information content (AvgIpc) is 2.97. The lowest BCUT2D eigenvalue weighted by Gasteiger charge is -2.38. The number of amides is 1. The first-order chi connectivity index (χ1) is 10.7. The molecule has 118 valence electrons. The number of anilines is 1. The number of aromatic nitrogens is 2. The van der Waals surface area contributed by atoms with E-state index in [1.54, 1.807) is 18.6 Å². The fourth-order valence-corrected chi connectivity index (χ4v) is 2.95. The second-order valence-electron chi connectivity index (χ2n) is 5.83. The molecule has 1 N–H and O–H groups in total. The summed E-state index contributed by atoms with van der Waals surface area (Å²) < 4.78 is 0. The Balaban J connectivity index is 1.64. The van der Waals surface area contributed by atoms with Crippen LogP contribution in [-0.2, 0) is 9.63 Å². The molecule has 0 aliphatic carbocycles. The molecule has 3 rings (SSSR count). The number of nitrogens with one attached hydrogen (secondary N) is 1. The van der Waals surface area contributed by atoms with Gasteiger partial charge in [-0.2, -0.15) is 0 Å². The van der Waals surface area contributed by atoms with Gasteiger partial charge in [-0.05, 0) is 19.3 Å². The molecule has 1 amide bonds. The molecule has 0 aromatic carbocycles. The van der Waals surface area contributed by atoms with Gasteiger partial charge in [-0.15, -0.1) is 0 Å². The normalized spacial score (nSPS) is 24.0. The number of piperidine rings is 1. The summed E-state index contributed by atoms with van der Waals surface area (Å²) in [5.41, 5.74) is 0.0868. The molecule has 1 aromatic rings. The maximum atomic E-state index is 12.0. The maximum Gasteiger partial charge on any atom is 0.269 e. The monoisotopic (exact) mass is 303 g/mol. The second kappa shape index (κ2) is 6.29. The van der Waals surface area contributed by atoms with E-state index in [4.69, 9.17) is 4.84 Å². The Hall–Kier alpha value is -2.18. The van der Waals surface area contributed by atoms with E-state index in [0.29, 0.717) is 25.2 Å². The van der Waals surface area contributed by atoms with E-state index >= 15 is 0 Å². The van der Waals surface area contributed by atoms with Gasteiger partial charge in [-0.1, -0.05) is 12.1 Å². The van der Waals surface area contributed by atoms with Gasteiger partial charge in [-0.3, -0.25) is 9.78 Å². The third kappa shape index (κ3) is 3.03. The molecule has 1 fully saturated rings. The molecule has 1 atom stereocenters. The molecule has 1 saturated heterocycles. The summed E-state index contributed by atoms with van der Waals surface area (Å²) in [6.07, 6.45) is 8.45. The molecule has 1 aromatic heterocycles. The highest BCUT2D eigenvalue weighted by Crippen LogP contribution is 2.34. The Morgan fingerprint density at radius 1 is 1.50 bits per heavy atom. The molecular weight excluding hydrogens is 282 g/mol. The van der Waals surface area contributed by atoms with Gasteiger partial charge in [0.2, 0.25) is 0 Å².